The molecule has 4 aliphatic carbocycles. The molecule has 4 fully saturated rings. The average Bonchev–Trinajstić information content (AvgIpc) is 3.01. The van der Waals surface area contributed by atoms with Gasteiger partial charge >= 0.3 is 0 Å². The summed E-state index contributed by atoms with van der Waals surface area (Å²) >= 11 is 0. The first-order chi connectivity index (χ1) is 14.4. The Bertz CT molecular complexity index is 644. The third-order valence-corrected chi connectivity index (χ3v) is 11.0. The molecule has 0 heterocycles. The highest BCUT2D eigenvalue weighted by atomic mass is 16.3. The van der Waals surface area contributed by atoms with Crippen LogP contribution in [0.5, 0.6) is 0 Å². The normalized spacial score (nSPS) is 51.0. The Labute approximate surface area is 189 Å². The van der Waals surface area contributed by atoms with Crippen molar-refractivity contribution < 1.29 is 20.4 Å². The van der Waals surface area contributed by atoms with Crippen LogP contribution in [-0.2, 0) is 0 Å². The van der Waals surface area contributed by atoms with Gasteiger partial charge in [0.2, 0.25) is 0 Å². The number of hydrogen-bond acceptors (Lipinski definition) is 4. The standard InChI is InChI=1S/C27H48O4/c1-16(7-6-11-25(2,3)31)19-8-9-20-24-21(15-23(30)27(19,20)5)26(4)12-10-18(28)13-17(26)14-22(24)29/h16-24,28-31H,6-15H2,1-5H3/t16-,17+,18-,19-,20+,21+,22+,23+,24+,26-,27-/m0/s1. The summed E-state index contributed by atoms with van der Waals surface area (Å²) in [7, 11) is 0. The average molecular weight is 437 g/mol. The topological polar surface area (TPSA) is 80.9 Å². The van der Waals surface area contributed by atoms with Crippen LogP contribution in [0, 0.1) is 46.3 Å². The van der Waals surface area contributed by atoms with Crippen molar-refractivity contribution in [3.63, 3.8) is 0 Å². The Morgan fingerprint density at radius 3 is 2.35 bits per heavy atom. The molecule has 31 heavy (non-hydrogen) atoms. The molecule has 0 aromatic heterocycles. The molecule has 0 aliphatic heterocycles. The third-order valence-electron chi connectivity index (χ3n) is 11.0. The summed E-state index contributed by atoms with van der Waals surface area (Å²) in [6.07, 6.45) is 8.73. The van der Waals surface area contributed by atoms with E-state index >= 15 is 0 Å². The second-order valence-corrected chi connectivity index (χ2v) is 13.2. The van der Waals surface area contributed by atoms with Crippen molar-refractivity contribution in [1.29, 1.82) is 0 Å². The van der Waals surface area contributed by atoms with Gasteiger partial charge in [-0.3, -0.25) is 0 Å². The maximum Gasteiger partial charge on any atom is 0.0602 e. The van der Waals surface area contributed by atoms with Crippen LogP contribution in [0.15, 0.2) is 0 Å². The first-order valence-electron chi connectivity index (χ1n) is 13.1. The lowest BCUT2D eigenvalue weighted by Gasteiger charge is -2.63. The molecule has 0 aromatic carbocycles. The van der Waals surface area contributed by atoms with E-state index in [1.165, 1.54) is 0 Å². The zero-order valence-electron chi connectivity index (χ0n) is 20.6. The van der Waals surface area contributed by atoms with Gasteiger partial charge < -0.3 is 20.4 Å². The lowest BCUT2D eigenvalue weighted by molar-refractivity contribution is -0.207. The number of rotatable bonds is 5. The fraction of sp³-hybridized carbons (Fsp3) is 1.00. The Kier molecular flexibility index (Phi) is 6.38. The second-order valence-electron chi connectivity index (χ2n) is 13.2. The van der Waals surface area contributed by atoms with E-state index in [0.717, 1.165) is 64.2 Å². The molecule has 0 amide bonds. The molecule has 4 saturated carbocycles. The van der Waals surface area contributed by atoms with Crippen LogP contribution in [-0.4, -0.2) is 44.3 Å². The van der Waals surface area contributed by atoms with Crippen LogP contribution < -0.4 is 0 Å². The van der Waals surface area contributed by atoms with Gasteiger partial charge in [-0.1, -0.05) is 33.6 Å². The van der Waals surface area contributed by atoms with Gasteiger partial charge in [0, 0.05) is 0 Å². The Balaban J connectivity index is 1.54. The van der Waals surface area contributed by atoms with E-state index in [1.54, 1.807) is 0 Å². The Hall–Kier alpha value is -0.160. The van der Waals surface area contributed by atoms with E-state index in [4.69, 9.17) is 0 Å². The van der Waals surface area contributed by atoms with Crippen molar-refractivity contribution >= 4 is 0 Å². The van der Waals surface area contributed by atoms with Gasteiger partial charge in [0.25, 0.3) is 0 Å². The zero-order valence-corrected chi connectivity index (χ0v) is 20.6. The molecule has 4 nitrogen and oxygen atoms in total. The quantitative estimate of drug-likeness (QED) is 0.511. The SMILES string of the molecule is C[C@@H](CCCC(C)(C)O)[C@@H]1CC[C@@H]2[C@H]3[C@H](O)C[C@H]4C[C@@H](O)CC[C@]4(C)[C@@H]3C[C@@H](O)[C@]21C. The molecule has 4 rings (SSSR count). The summed E-state index contributed by atoms with van der Waals surface area (Å²) in [5.74, 6) is 2.44. The van der Waals surface area contributed by atoms with Gasteiger partial charge in [0.15, 0.2) is 0 Å². The first-order valence-corrected chi connectivity index (χ1v) is 13.1. The van der Waals surface area contributed by atoms with Crippen molar-refractivity contribution in [3.05, 3.63) is 0 Å². The van der Waals surface area contributed by atoms with Gasteiger partial charge in [0.1, 0.15) is 0 Å². The van der Waals surface area contributed by atoms with Crippen LogP contribution in [0.25, 0.3) is 0 Å². The van der Waals surface area contributed by atoms with Gasteiger partial charge in [0.05, 0.1) is 23.9 Å². The lowest BCUT2D eigenvalue weighted by Crippen LogP contribution is -2.62. The van der Waals surface area contributed by atoms with E-state index in [-0.39, 0.29) is 29.1 Å². The molecule has 4 heteroatoms. The summed E-state index contributed by atoms with van der Waals surface area (Å²) in [6.45, 7) is 10.8. The van der Waals surface area contributed by atoms with E-state index in [1.807, 2.05) is 13.8 Å². The number of hydrogen-bond donors (Lipinski definition) is 4. The van der Waals surface area contributed by atoms with Gasteiger partial charge in [-0.2, -0.15) is 0 Å². The maximum atomic E-state index is 11.6. The number of fused-ring (bicyclic) bond motifs is 5. The molecule has 0 saturated heterocycles. The molecular formula is C27H48O4. The molecule has 0 unspecified atom stereocenters. The van der Waals surface area contributed by atoms with Crippen molar-refractivity contribution in [1.82, 2.24) is 0 Å². The molecule has 0 bridgehead atoms. The van der Waals surface area contributed by atoms with Crippen molar-refractivity contribution in [2.45, 2.75) is 123 Å². The highest BCUT2D eigenvalue weighted by molar-refractivity contribution is 5.14. The molecule has 4 aliphatic rings. The Morgan fingerprint density at radius 1 is 0.968 bits per heavy atom. The molecule has 0 radical (unpaired) electrons. The van der Waals surface area contributed by atoms with Crippen LogP contribution in [0.3, 0.4) is 0 Å². The van der Waals surface area contributed by atoms with Crippen LogP contribution in [0.2, 0.25) is 0 Å². The van der Waals surface area contributed by atoms with E-state index in [9.17, 15) is 20.4 Å². The summed E-state index contributed by atoms with van der Waals surface area (Å²) < 4.78 is 0. The minimum atomic E-state index is -0.606. The summed E-state index contributed by atoms with van der Waals surface area (Å²) in [5.41, 5.74) is -0.583. The lowest BCUT2D eigenvalue weighted by atomic mass is 9.43. The van der Waals surface area contributed by atoms with Crippen LogP contribution in [0.1, 0.15) is 98.8 Å². The van der Waals surface area contributed by atoms with Gasteiger partial charge in [-0.25, -0.2) is 0 Å². The first kappa shape index (κ1) is 24.0. The molecular weight excluding hydrogens is 388 g/mol. The highest BCUT2D eigenvalue weighted by Crippen LogP contribution is 2.68. The van der Waals surface area contributed by atoms with E-state index in [2.05, 4.69) is 20.8 Å². The molecule has 0 spiro atoms. The minimum absolute atomic E-state index is 0.117. The van der Waals surface area contributed by atoms with Crippen LogP contribution in [0.4, 0.5) is 0 Å². The summed E-state index contributed by atoms with van der Waals surface area (Å²) in [5, 5.41) is 43.3. The predicted molar refractivity (Wildman–Crippen MR) is 123 cm³/mol. The predicted octanol–water partition coefficient (Wildman–Crippen LogP) is 4.53. The van der Waals surface area contributed by atoms with Crippen molar-refractivity contribution in [3.8, 4) is 0 Å². The minimum Gasteiger partial charge on any atom is -0.393 e. The van der Waals surface area contributed by atoms with Gasteiger partial charge in [-0.05, 0) is 112 Å². The highest BCUT2D eigenvalue weighted by Gasteiger charge is 2.65. The Morgan fingerprint density at radius 2 is 1.68 bits per heavy atom. The smallest absolute Gasteiger partial charge is 0.0602 e. The molecule has 0 aromatic rings. The summed E-state index contributed by atoms with van der Waals surface area (Å²) in [6, 6.07) is 0. The second kappa shape index (κ2) is 8.25. The number of aliphatic hydroxyl groups excluding tert-OH is 3. The van der Waals surface area contributed by atoms with E-state index in [0.29, 0.717) is 35.5 Å². The molecule has 4 N–H and O–H groups in total. The van der Waals surface area contributed by atoms with Gasteiger partial charge in [-0.15, -0.1) is 0 Å². The fourth-order valence-electron chi connectivity index (χ4n) is 9.19. The van der Waals surface area contributed by atoms with Crippen molar-refractivity contribution in [2.24, 2.45) is 46.3 Å². The molecule has 11 atom stereocenters. The van der Waals surface area contributed by atoms with Crippen molar-refractivity contribution in [2.75, 3.05) is 0 Å². The fourth-order valence-corrected chi connectivity index (χ4v) is 9.19. The molecule has 180 valence electrons. The largest absolute Gasteiger partial charge is 0.393 e. The van der Waals surface area contributed by atoms with Crippen LogP contribution >= 0.6 is 0 Å². The maximum absolute atomic E-state index is 11.6. The van der Waals surface area contributed by atoms with E-state index < -0.39 is 5.60 Å². The number of aliphatic hydroxyl groups is 4. The monoisotopic (exact) mass is 436 g/mol. The third kappa shape index (κ3) is 4.02. The summed E-state index contributed by atoms with van der Waals surface area (Å²) in [4.78, 5) is 0. The zero-order chi connectivity index (χ0) is 22.8.